The van der Waals surface area contributed by atoms with Crippen molar-refractivity contribution in [3.63, 3.8) is 0 Å². The number of nitrogens with two attached hydrogens (primary N) is 1. The van der Waals surface area contributed by atoms with E-state index < -0.39 is 0 Å². The zero-order chi connectivity index (χ0) is 8.97. The number of nitrogens with zero attached hydrogens (tertiary/aromatic N) is 2. The molecule has 12 heavy (non-hydrogen) atoms. The predicted molar refractivity (Wildman–Crippen MR) is 50.2 cm³/mol. The number of hydrogen-bond donors (Lipinski definition) is 2. The molecule has 5 heteroatoms. The van der Waals surface area contributed by atoms with Crippen LogP contribution in [0.1, 0.15) is 25.6 Å². The van der Waals surface area contributed by atoms with Gasteiger partial charge >= 0.3 is 0 Å². The van der Waals surface area contributed by atoms with Crippen molar-refractivity contribution in [3.8, 4) is 0 Å². The number of anilines is 1. The second-order valence-electron chi connectivity index (χ2n) is 2.57. The molecule has 0 unspecified atom stereocenters. The maximum Gasteiger partial charge on any atom is 0.224 e. The molecule has 0 bridgehead atoms. The molecule has 0 amide bonds. The van der Waals surface area contributed by atoms with Crippen LogP contribution in [0, 0.1) is 4.77 Å². The molecular formula is C7H12N4S. The van der Waals surface area contributed by atoms with E-state index in [9.17, 15) is 0 Å². The molecule has 1 aromatic heterocycles. The Morgan fingerprint density at radius 2 is 2.25 bits per heavy atom. The topological polar surface area (TPSA) is 67.6 Å². The second-order valence-corrected chi connectivity index (χ2v) is 2.93. The van der Waals surface area contributed by atoms with Crippen LogP contribution in [-0.4, -0.2) is 15.0 Å². The lowest BCUT2D eigenvalue weighted by atomic mass is 10.2. The van der Waals surface area contributed by atoms with Crippen molar-refractivity contribution in [1.82, 2.24) is 15.0 Å². The van der Waals surface area contributed by atoms with Gasteiger partial charge in [0.2, 0.25) is 10.7 Å². The molecule has 0 aromatic carbocycles. The highest BCUT2D eigenvalue weighted by atomic mass is 32.1. The minimum absolute atomic E-state index is 0.317. The number of aromatic nitrogens is 3. The first-order valence-corrected chi connectivity index (χ1v) is 4.36. The summed E-state index contributed by atoms with van der Waals surface area (Å²) in [6, 6.07) is 0. The zero-order valence-electron chi connectivity index (χ0n) is 7.00. The largest absolute Gasteiger partial charge is 0.369 e. The quantitative estimate of drug-likeness (QED) is 0.698. The van der Waals surface area contributed by atoms with Gasteiger partial charge < -0.3 is 10.7 Å². The molecule has 1 aromatic rings. The number of nitrogens with one attached hydrogen (secondary N) is 1. The summed E-state index contributed by atoms with van der Waals surface area (Å²) in [7, 11) is 0. The molecule has 0 saturated heterocycles. The van der Waals surface area contributed by atoms with Crippen LogP contribution in [0.2, 0.25) is 0 Å². The van der Waals surface area contributed by atoms with Gasteiger partial charge in [-0.25, -0.2) is 4.98 Å². The Bertz CT molecular complexity index is 307. The maximum atomic E-state index is 5.46. The van der Waals surface area contributed by atoms with Crippen LogP contribution in [0.3, 0.4) is 0 Å². The number of H-pyrrole nitrogens is 1. The Kier molecular flexibility index (Phi) is 3.16. The Morgan fingerprint density at radius 1 is 1.50 bits per heavy atom. The first kappa shape index (κ1) is 9.12. The third kappa shape index (κ3) is 2.58. The summed E-state index contributed by atoms with van der Waals surface area (Å²) in [6.45, 7) is 2.12. The Morgan fingerprint density at radius 3 is 2.83 bits per heavy atom. The SMILES string of the molecule is CCCCc1nc(=S)nc(N)[nH]1. The van der Waals surface area contributed by atoms with Crippen LogP contribution in [0.25, 0.3) is 0 Å². The van der Waals surface area contributed by atoms with E-state index in [0.29, 0.717) is 10.7 Å². The summed E-state index contributed by atoms with van der Waals surface area (Å²) in [5.41, 5.74) is 5.46. The number of aryl methyl sites for hydroxylation is 1. The van der Waals surface area contributed by atoms with Crippen molar-refractivity contribution >= 4 is 18.2 Å². The molecule has 66 valence electrons. The van der Waals surface area contributed by atoms with Crippen LogP contribution >= 0.6 is 12.2 Å². The van der Waals surface area contributed by atoms with E-state index in [0.717, 1.165) is 25.1 Å². The van der Waals surface area contributed by atoms with Gasteiger partial charge in [0.1, 0.15) is 5.82 Å². The van der Waals surface area contributed by atoms with E-state index >= 15 is 0 Å². The van der Waals surface area contributed by atoms with Crippen molar-refractivity contribution in [1.29, 1.82) is 0 Å². The minimum Gasteiger partial charge on any atom is -0.369 e. The van der Waals surface area contributed by atoms with E-state index in [2.05, 4.69) is 21.9 Å². The molecule has 0 aliphatic carbocycles. The van der Waals surface area contributed by atoms with Gasteiger partial charge in [0.05, 0.1) is 0 Å². The highest BCUT2D eigenvalue weighted by molar-refractivity contribution is 7.71. The number of nitrogen functional groups attached to an aromatic ring is 1. The highest BCUT2D eigenvalue weighted by Gasteiger charge is 1.96. The molecule has 0 aliphatic heterocycles. The van der Waals surface area contributed by atoms with Gasteiger partial charge in [-0.15, -0.1) is 0 Å². The van der Waals surface area contributed by atoms with Crippen molar-refractivity contribution in [2.45, 2.75) is 26.2 Å². The van der Waals surface area contributed by atoms with Crippen molar-refractivity contribution in [3.05, 3.63) is 10.6 Å². The molecule has 0 fully saturated rings. The van der Waals surface area contributed by atoms with Gasteiger partial charge in [-0.1, -0.05) is 13.3 Å². The van der Waals surface area contributed by atoms with Gasteiger partial charge in [-0.3, -0.25) is 0 Å². The van der Waals surface area contributed by atoms with E-state index in [1.807, 2.05) is 0 Å². The summed E-state index contributed by atoms with van der Waals surface area (Å²) >= 11 is 4.82. The minimum atomic E-state index is 0.317. The standard InChI is InChI=1S/C7H12N4S/c1-2-3-4-5-9-6(8)11-7(12)10-5/h2-4H2,1H3,(H3,8,9,10,11,12). The van der Waals surface area contributed by atoms with Crippen LogP contribution in [0.5, 0.6) is 0 Å². The summed E-state index contributed by atoms with van der Waals surface area (Å²) in [5, 5.41) is 0. The Hall–Kier alpha value is -0.970. The summed E-state index contributed by atoms with van der Waals surface area (Å²) in [5.74, 6) is 1.18. The lowest BCUT2D eigenvalue weighted by Crippen LogP contribution is -2.02. The van der Waals surface area contributed by atoms with Gasteiger partial charge in [0.15, 0.2) is 0 Å². The van der Waals surface area contributed by atoms with Gasteiger partial charge in [0, 0.05) is 6.42 Å². The fourth-order valence-corrected chi connectivity index (χ4v) is 1.12. The molecule has 0 spiro atoms. The van der Waals surface area contributed by atoms with E-state index in [1.54, 1.807) is 0 Å². The summed E-state index contributed by atoms with van der Waals surface area (Å²) in [6.07, 6.45) is 3.10. The van der Waals surface area contributed by atoms with Crippen molar-refractivity contribution < 1.29 is 0 Å². The van der Waals surface area contributed by atoms with Gasteiger partial charge in [0.25, 0.3) is 0 Å². The Labute approximate surface area is 76.2 Å². The number of aromatic amines is 1. The molecule has 3 N–H and O–H groups in total. The number of hydrogen-bond acceptors (Lipinski definition) is 4. The smallest absolute Gasteiger partial charge is 0.224 e. The van der Waals surface area contributed by atoms with Crippen molar-refractivity contribution in [2.75, 3.05) is 5.73 Å². The van der Waals surface area contributed by atoms with Gasteiger partial charge in [-0.2, -0.15) is 4.98 Å². The molecule has 0 saturated carbocycles. The average molecular weight is 184 g/mol. The summed E-state index contributed by atoms with van der Waals surface area (Å²) in [4.78, 5) is 10.7. The molecule has 1 heterocycles. The number of unbranched alkanes of at least 4 members (excludes halogenated alkanes) is 1. The third-order valence-electron chi connectivity index (χ3n) is 1.49. The summed E-state index contributed by atoms with van der Waals surface area (Å²) < 4.78 is 0.317. The molecule has 0 radical (unpaired) electrons. The lowest BCUT2D eigenvalue weighted by molar-refractivity contribution is 0.744. The predicted octanol–water partition coefficient (Wildman–Crippen LogP) is 1.46. The van der Waals surface area contributed by atoms with Crippen molar-refractivity contribution in [2.24, 2.45) is 0 Å². The fraction of sp³-hybridized carbons (Fsp3) is 0.571. The van der Waals surface area contributed by atoms with E-state index in [4.69, 9.17) is 18.0 Å². The Balaban J connectivity index is 2.79. The molecule has 4 nitrogen and oxygen atoms in total. The molecule has 0 atom stereocenters. The monoisotopic (exact) mass is 184 g/mol. The second kappa shape index (κ2) is 4.15. The van der Waals surface area contributed by atoms with E-state index in [1.165, 1.54) is 0 Å². The number of rotatable bonds is 3. The molecular weight excluding hydrogens is 172 g/mol. The highest BCUT2D eigenvalue weighted by Crippen LogP contribution is 1.99. The average Bonchev–Trinajstić information content (AvgIpc) is 1.99. The van der Waals surface area contributed by atoms with Crippen LogP contribution in [-0.2, 0) is 6.42 Å². The lowest BCUT2D eigenvalue weighted by Gasteiger charge is -1.99. The third-order valence-corrected chi connectivity index (χ3v) is 1.67. The van der Waals surface area contributed by atoms with Crippen LogP contribution in [0.15, 0.2) is 0 Å². The van der Waals surface area contributed by atoms with E-state index in [-0.39, 0.29) is 0 Å². The first-order valence-electron chi connectivity index (χ1n) is 3.95. The zero-order valence-corrected chi connectivity index (χ0v) is 7.82. The normalized spacial score (nSPS) is 10.1. The molecule has 1 rings (SSSR count). The maximum absolute atomic E-state index is 5.46. The molecule has 0 aliphatic rings. The van der Waals surface area contributed by atoms with Crippen LogP contribution < -0.4 is 5.73 Å². The van der Waals surface area contributed by atoms with Crippen LogP contribution in [0.4, 0.5) is 5.95 Å². The fourth-order valence-electron chi connectivity index (χ4n) is 0.910. The van der Waals surface area contributed by atoms with Gasteiger partial charge in [-0.05, 0) is 18.6 Å². The first-order chi connectivity index (χ1) is 5.72.